The third-order valence-electron chi connectivity index (χ3n) is 14.6. The summed E-state index contributed by atoms with van der Waals surface area (Å²) in [7, 11) is -5.40. The Hall–Kier alpha value is -3.10. The molecule has 0 N–H and O–H groups in total. The monoisotopic (exact) mass is 742 g/mol. The van der Waals surface area contributed by atoms with E-state index < -0.39 is 38.0 Å². The predicted octanol–water partition coefficient (Wildman–Crippen LogP) is 9.66. The van der Waals surface area contributed by atoms with Gasteiger partial charge in [-0.3, -0.25) is 4.79 Å². The lowest BCUT2D eigenvalue weighted by Crippen LogP contribution is -2.57. The fourth-order valence-electron chi connectivity index (χ4n) is 13.2. The molecule has 8 saturated carbocycles. The topological polar surface area (TPSA) is 69.7 Å². The van der Waals surface area contributed by atoms with Crippen molar-refractivity contribution in [2.75, 3.05) is 13.2 Å². The van der Waals surface area contributed by atoms with Gasteiger partial charge in [0.1, 0.15) is 12.7 Å². The van der Waals surface area contributed by atoms with Crippen molar-refractivity contribution >= 4 is 15.8 Å². The van der Waals surface area contributed by atoms with Crippen LogP contribution in [0.25, 0.3) is 0 Å². The molecule has 0 amide bonds. The molecular weight excluding hydrogens is 691 g/mol. The van der Waals surface area contributed by atoms with Crippen molar-refractivity contribution in [2.45, 2.75) is 100 Å². The lowest BCUT2D eigenvalue weighted by molar-refractivity contribution is -0.204. The number of carbonyl (C=O) groups is 1. The minimum Gasteiger partial charge on any atom is -0.459 e. The van der Waals surface area contributed by atoms with E-state index in [2.05, 4.69) is 0 Å². The van der Waals surface area contributed by atoms with Gasteiger partial charge < -0.3 is 9.47 Å². The van der Waals surface area contributed by atoms with Crippen LogP contribution in [0.2, 0.25) is 0 Å². The maximum absolute atomic E-state index is 17.0. The van der Waals surface area contributed by atoms with Gasteiger partial charge in [0.2, 0.25) is 9.84 Å². The van der Waals surface area contributed by atoms with Gasteiger partial charge in [0.15, 0.2) is 4.75 Å². The first kappa shape index (κ1) is 35.6. The number of alkyl halides is 2. The molecule has 0 heterocycles. The maximum atomic E-state index is 17.0. The largest absolute Gasteiger partial charge is 0.459 e. The molecule has 282 valence electrons. The minimum absolute atomic E-state index is 0.160. The number of esters is 1. The highest BCUT2D eigenvalue weighted by Gasteiger charge is 2.62. The Balaban J connectivity index is 1.04. The summed E-state index contributed by atoms with van der Waals surface area (Å²) in [6.07, 6.45) is 11.8. The van der Waals surface area contributed by atoms with Gasteiger partial charge in [-0.05, 0) is 136 Å². The van der Waals surface area contributed by atoms with Gasteiger partial charge in [0.25, 0.3) is 0 Å². The minimum atomic E-state index is -5.40. The molecular formula is C45H52F2O5S. The molecule has 53 heavy (non-hydrogen) atoms. The summed E-state index contributed by atoms with van der Waals surface area (Å²) in [5.41, 5.74) is 0.768. The van der Waals surface area contributed by atoms with Crippen molar-refractivity contribution in [3.8, 4) is 0 Å². The smallest absolute Gasteiger partial charge is 0.369 e. The second-order valence-corrected chi connectivity index (χ2v) is 20.5. The number of benzene rings is 3. The first-order valence-corrected chi connectivity index (χ1v) is 21.5. The van der Waals surface area contributed by atoms with E-state index in [0.29, 0.717) is 35.5 Å². The van der Waals surface area contributed by atoms with Crippen LogP contribution in [0.5, 0.6) is 0 Å². The molecule has 1 atom stereocenters. The van der Waals surface area contributed by atoms with Crippen molar-refractivity contribution < 1.29 is 31.5 Å². The number of sulfone groups is 1. The molecule has 0 aliphatic heterocycles. The molecule has 1 unspecified atom stereocenters. The number of hydrogen-bond acceptors (Lipinski definition) is 5. The molecule has 0 radical (unpaired) electrons. The Morgan fingerprint density at radius 2 is 1.09 bits per heavy atom. The van der Waals surface area contributed by atoms with Crippen molar-refractivity contribution in [1.82, 2.24) is 0 Å². The van der Waals surface area contributed by atoms with Crippen molar-refractivity contribution in [3.63, 3.8) is 0 Å². The number of carbonyl (C=O) groups excluding carboxylic acids is 1. The van der Waals surface area contributed by atoms with Crippen LogP contribution in [0, 0.1) is 53.3 Å². The Morgan fingerprint density at radius 3 is 1.55 bits per heavy atom. The Labute approximate surface area is 313 Å². The number of aryl methyl sites for hydroxylation is 1. The van der Waals surface area contributed by atoms with Crippen molar-refractivity contribution in [1.29, 1.82) is 0 Å². The normalized spacial score (nSPS) is 33.6. The molecule has 3 aromatic rings. The molecule has 0 spiro atoms. The van der Waals surface area contributed by atoms with Crippen LogP contribution in [0.15, 0.2) is 84.9 Å². The van der Waals surface area contributed by atoms with Gasteiger partial charge in [-0.15, -0.1) is 0 Å². The maximum Gasteiger partial charge on any atom is 0.369 e. The lowest BCUT2D eigenvalue weighted by atomic mass is 9.48. The summed E-state index contributed by atoms with van der Waals surface area (Å²) in [5.74, 6) is 3.19. The van der Waals surface area contributed by atoms with E-state index in [1.54, 1.807) is 84.9 Å². The predicted molar refractivity (Wildman–Crippen MR) is 200 cm³/mol. The molecule has 3 aromatic carbocycles. The van der Waals surface area contributed by atoms with E-state index in [-0.39, 0.29) is 34.7 Å². The molecule has 8 fully saturated rings. The van der Waals surface area contributed by atoms with Crippen LogP contribution in [0.1, 0.15) is 99.3 Å². The fraction of sp³-hybridized carbons (Fsp3) is 0.578. The van der Waals surface area contributed by atoms with E-state index in [4.69, 9.17) is 9.47 Å². The van der Waals surface area contributed by atoms with E-state index in [9.17, 15) is 13.2 Å². The fourth-order valence-corrected chi connectivity index (χ4v) is 15.2. The van der Waals surface area contributed by atoms with E-state index in [1.165, 1.54) is 38.5 Å². The summed E-state index contributed by atoms with van der Waals surface area (Å²) in [6.45, 7) is 0.313. The molecule has 8 bridgehead atoms. The van der Waals surface area contributed by atoms with Crippen LogP contribution >= 0.6 is 0 Å². The third-order valence-corrected chi connectivity index (χ3v) is 17.1. The highest BCUT2D eigenvalue weighted by atomic mass is 32.2. The molecule has 8 aliphatic carbocycles. The van der Waals surface area contributed by atoms with Gasteiger partial charge in [-0.2, -0.15) is 8.78 Å². The van der Waals surface area contributed by atoms with Crippen LogP contribution in [0.4, 0.5) is 8.78 Å². The third kappa shape index (κ3) is 5.82. The molecule has 0 saturated heterocycles. The van der Waals surface area contributed by atoms with E-state index in [0.717, 1.165) is 44.1 Å². The van der Waals surface area contributed by atoms with Crippen LogP contribution in [-0.2, 0) is 28.9 Å². The number of rotatable bonds is 12. The molecule has 11 rings (SSSR count). The van der Waals surface area contributed by atoms with Crippen LogP contribution < -0.4 is 0 Å². The average Bonchev–Trinajstić information content (AvgIpc) is 3.12. The summed E-state index contributed by atoms with van der Waals surface area (Å²) in [6, 6.07) is 23.4. The van der Waals surface area contributed by atoms with E-state index in [1.807, 2.05) is 6.92 Å². The molecule has 0 aromatic heterocycles. The van der Waals surface area contributed by atoms with Crippen molar-refractivity contribution in [2.24, 2.45) is 46.3 Å². The lowest BCUT2D eigenvalue weighted by Gasteiger charge is -2.59. The standard InChI is InChI=1S/C45H52F2O5S/c1-30-12-14-39(15-13-30)45(37-8-4-2-5-9-37,38-10-6-3-7-11-38)53(49,50)44(46,47)29-51-28-40(42-22-31-16-32(23-42)18-33(17-31)24-42)52-41(48)43-25-34-19-35(26-43)21-36(20-34)27-43/h2-15,31-36,40H,16-29H2,1H3. The van der Waals surface area contributed by atoms with E-state index >= 15 is 8.78 Å². The number of ether oxygens (including phenoxy) is 2. The summed E-state index contributed by atoms with van der Waals surface area (Å²) in [4.78, 5) is 14.4. The quantitative estimate of drug-likeness (QED) is 0.137. The van der Waals surface area contributed by atoms with Gasteiger partial charge >= 0.3 is 11.2 Å². The molecule has 5 nitrogen and oxygen atoms in total. The second kappa shape index (κ2) is 13.0. The molecule has 8 aliphatic rings. The van der Waals surface area contributed by atoms with Crippen molar-refractivity contribution in [3.05, 3.63) is 107 Å². The molecule has 8 heteroatoms. The zero-order valence-electron chi connectivity index (χ0n) is 30.7. The number of halogens is 2. The first-order valence-electron chi connectivity index (χ1n) is 20.0. The van der Waals surface area contributed by atoms with Gasteiger partial charge in [-0.25, -0.2) is 8.42 Å². The summed E-state index contributed by atoms with van der Waals surface area (Å²) >= 11 is 0. The first-order chi connectivity index (χ1) is 25.4. The Bertz CT molecular complexity index is 1820. The highest BCUT2D eigenvalue weighted by Crippen LogP contribution is 2.64. The van der Waals surface area contributed by atoms with Gasteiger partial charge in [-0.1, -0.05) is 90.5 Å². The van der Waals surface area contributed by atoms with Crippen LogP contribution in [-0.4, -0.2) is 39.0 Å². The Kier molecular flexibility index (Phi) is 8.73. The average molecular weight is 743 g/mol. The van der Waals surface area contributed by atoms with Gasteiger partial charge in [0, 0.05) is 5.41 Å². The van der Waals surface area contributed by atoms with Gasteiger partial charge in [0.05, 0.1) is 12.0 Å². The number of hydrogen-bond donors (Lipinski definition) is 0. The zero-order valence-corrected chi connectivity index (χ0v) is 31.5. The summed E-state index contributed by atoms with van der Waals surface area (Å²) < 4.78 is 74.3. The SMILES string of the molecule is Cc1ccc(C(c2ccccc2)(c2ccccc2)S(=O)(=O)C(F)(F)COCC(OC(=O)C23CC4CC(CC(C4)C2)C3)C23CC4CC(CC(C4)C2)C3)cc1. The summed E-state index contributed by atoms with van der Waals surface area (Å²) in [5, 5.41) is -4.29. The Morgan fingerprint density at radius 1 is 0.679 bits per heavy atom. The second-order valence-electron chi connectivity index (χ2n) is 18.3. The zero-order chi connectivity index (χ0) is 36.6. The highest BCUT2D eigenvalue weighted by molar-refractivity contribution is 7.93. The van der Waals surface area contributed by atoms with Crippen LogP contribution in [0.3, 0.4) is 0 Å².